The minimum atomic E-state index is -0.409. The summed E-state index contributed by atoms with van der Waals surface area (Å²) >= 11 is 0. The first-order chi connectivity index (χ1) is 13.1. The number of hydrogen-bond donors (Lipinski definition) is 1. The summed E-state index contributed by atoms with van der Waals surface area (Å²) in [4.78, 5) is 26.6. The SMILES string of the molecule is COc1ccccc1CNC(=O)N1CCN(c2ccc([N+](=O)[O-])cc2)CC1. The number of ether oxygens (including phenoxy) is 1. The van der Waals surface area contributed by atoms with E-state index in [2.05, 4.69) is 10.2 Å². The average molecular weight is 370 g/mol. The van der Waals surface area contributed by atoms with E-state index in [1.165, 1.54) is 12.1 Å². The molecule has 27 heavy (non-hydrogen) atoms. The van der Waals surface area contributed by atoms with Crippen LogP contribution in [0.25, 0.3) is 0 Å². The number of nitro benzene ring substituents is 1. The van der Waals surface area contributed by atoms with Crippen LogP contribution >= 0.6 is 0 Å². The van der Waals surface area contributed by atoms with E-state index in [1.807, 2.05) is 24.3 Å². The number of carbonyl (C=O) groups is 1. The molecule has 0 bridgehead atoms. The molecular weight excluding hydrogens is 348 g/mol. The van der Waals surface area contributed by atoms with E-state index in [-0.39, 0.29) is 11.7 Å². The Kier molecular flexibility index (Phi) is 5.75. The quantitative estimate of drug-likeness (QED) is 0.646. The number of hydrogen-bond acceptors (Lipinski definition) is 5. The van der Waals surface area contributed by atoms with Gasteiger partial charge in [0.25, 0.3) is 5.69 Å². The number of benzene rings is 2. The summed E-state index contributed by atoms with van der Waals surface area (Å²) in [6, 6.07) is 14.0. The molecule has 0 spiro atoms. The molecule has 1 aliphatic heterocycles. The largest absolute Gasteiger partial charge is 0.496 e. The van der Waals surface area contributed by atoms with E-state index in [4.69, 9.17) is 4.74 Å². The van der Waals surface area contributed by atoms with Crippen LogP contribution in [0.3, 0.4) is 0 Å². The van der Waals surface area contributed by atoms with Gasteiger partial charge in [-0.05, 0) is 18.2 Å². The van der Waals surface area contributed by atoms with E-state index in [0.717, 1.165) is 17.0 Å². The lowest BCUT2D eigenvalue weighted by molar-refractivity contribution is -0.384. The van der Waals surface area contributed by atoms with Crippen molar-refractivity contribution in [3.05, 3.63) is 64.2 Å². The molecule has 2 aromatic rings. The van der Waals surface area contributed by atoms with Crippen molar-refractivity contribution in [3.8, 4) is 5.75 Å². The molecule has 2 amide bonds. The number of carbonyl (C=O) groups excluding carboxylic acids is 1. The van der Waals surface area contributed by atoms with Crippen LogP contribution < -0.4 is 15.0 Å². The third-order valence-corrected chi connectivity index (χ3v) is 4.62. The van der Waals surface area contributed by atoms with E-state index in [1.54, 1.807) is 24.1 Å². The van der Waals surface area contributed by atoms with Crippen molar-refractivity contribution < 1.29 is 14.5 Å². The van der Waals surface area contributed by atoms with Crippen molar-refractivity contribution in [1.29, 1.82) is 0 Å². The number of methoxy groups -OCH3 is 1. The Morgan fingerprint density at radius 2 is 1.78 bits per heavy atom. The highest BCUT2D eigenvalue weighted by Gasteiger charge is 2.21. The number of amides is 2. The fourth-order valence-corrected chi connectivity index (χ4v) is 3.08. The van der Waals surface area contributed by atoms with Gasteiger partial charge in [0.2, 0.25) is 0 Å². The summed E-state index contributed by atoms with van der Waals surface area (Å²) in [5.41, 5.74) is 1.93. The van der Waals surface area contributed by atoms with Crippen LogP contribution in [0.2, 0.25) is 0 Å². The number of nitrogens with zero attached hydrogens (tertiary/aromatic N) is 3. The molecule has 3 rings (SSSR count). The van der Waals surface area contributed by atoms with Gasteiger partial charge in [-0.2, -0.15) is 0 Å². The fraction of sp³-hybridized carbons (Fsp3) is 0.316. The van der Waals surface area contributed by atoms with Crippen molar-refractivity contribution in [2.24, 2.45) is 0 Å². The number of nitrogens with one attached hydrogen (secondary N) is 1. The summed E-state index contributed by atoms with van der Waals surface area (Å²) < 4.78 is 5.30. The van der Waals surface area contributed by atoms with Crippen LogP contribution in [0.1, 0.15) is 5.56 Å². The minimum Gasteiger partial charge on any atom is -0.496 e. The van der Waals surface area contributed by atoms with Gasteiger partial charge in [-0.25, -0.2) is 4.79 Å². The number of para-hydroxylation sites is 1. The predicted molar refractivity (Wildman–Crippen MR) is 102 cm³/mol. The molecule has 0 aliphatic carbocycles. The zero-order valence-corrected chi connectivity index (χ0v) is 15.1. The number of urea groups is 1. The van der Waals surface area contributed by atoms with Crippen LogP contribution in [0.5, 0.6) is 5.75 Å². The Balaban J connectivity index is 1.51. The van der Waals surface area contributed by atoms with Gasteiger partial charge in [0.15, 0.2) is 0 Å². The topological polar surface area (TPSA) is 88.0 Å². The molecule has 0 unspecified atom stereocenters. The van der Waals surface area contributed by atoms with Gasteiger partial charge in [0.05, 0.1) is 12.0 Å². The van der Waals surface area contributed by atoms with E-state index >= 15 is 0 Å². The van der Waals surface area contributed by atoms with Gasteiger partial charge < -0.3 is 19.9 Å². The van der Waals surface area contributed by atoms with Gasteiger partial charge in [0, 0.05) is 56.1 Å². The second kappa shape index (κ2) is 8.39. The van der Waals surface area contributed by atoms with Crippen LogP contribution in [-0.4, -0.2) is 49.1 Å². The number of nitro groups is 1. The summed E-state index contributed by atoms with van der Waals surface area (Å²) in [7, 11) is 1.61. The lowest BCUT2D eigenvalue weighted by Crippen LogP contribution is -2.51. The lowest BCUT2D eigenvalue weighted by Gasteiger charge is -2.36. The van der Waals surface area contributed by atoms with E-state index in [9.17, 15) is 14.9 Å². The van der Waals surface area contributed by atoms with Crippen molar-refractivity contribution >= 4 is 17.4 Å². The third-order valence-electron chi connectivity index (χ3n) is 4.62. The fourth-order valence-electron chi connectivity index (χ4n) is 3.08. The standard InChI is InChI=1S/C19H22N4O4/c1-27-18-5-3-2-4-15(18)14-20-19(24)22-12-10-21(11-13-22)16-6-8-17(9-7-16)23(25)26/h2-9H,10-14H2,1H3,(H,20,24). The Morgan fingerprint density at radius 1 is 1.11 bits per heavy atom. The Labute approximate surface area is 157 Å². The number of piperazine rings is 1. The van der Waals surface area contributed by atoms with Gasteiger partial charge >= 0.3 is 6.03 Å². The third kappa shape index (κ3) is 4.46. The Bertz CT molecular complexity index is 802. The molecule has 0 saturated carbocycles. The zero-order valence-electron chi connectivity index (χ0n) is 15.1. The summed E-state index contributed by atoms with van der Waals surface area (Å²) in [5, 5.41) is 13.7. The van der Waals surface area contributed by atoms with Crippen molar-refractivity contribution in [3.63, 3.8) is 0 Å². The van der Waals surface area contributed by atoms with Crippen LogP contribution in [0.15, 0.2) is 48.5 Å². The van der Waals surface area contributed by atoms with Gasteiger partial charge in [-0.1, -0.05) is 18.2 Å². The molecule has 8 nitrogen and oxygen atoms in total. The van der Waals surface area contributed by atoms with Crippen molar-refractivity contribution in [1.82, 2.24) is 10.2 Å². The zero-order chi connectivity index (χ0) is 19.2. The van der Waals surface area contributed by atoms with Gasteiger partial charge in [-0.3, -0.25) is 10.1 Å². The van der Waals surface area contributed by atoms with E-state index in [0.29, 0.717) is 32.7 Å². The van der Waals surface area contributed by atoms with Crippen LogP contribution in [-0.2, 0) is 6.54 Å². The predicted octanol–water partition coefficient (Wildman–Crippen LogP) is 2.64. The summed E-state index contributed by atoms with van der Waals surface area (Å²) in [5.74, 6) is 0.751. The van der Waals surface area contributed by atoms with Crippen molar-refractivity contribution in [2.75, 3.05) is 38.2 Å². The molecule has 0 radical (unpaired) electrons. The minimum absolute atomic E-state index is 0.0769. The number of rotatable bonds is 5. The molecule has 0 aromatic heterocycles. The second-order valence-corrected chi connectivity index (χ2v) is 6.22. The van der Waals surface area contributed by atoms with Crippen LogP contribution in [0.4, 0.5) is 16.2 Å². The summed E-state index contributed by atoms with van der Waals surface area (Å²) in [6.45, 7) is 2.95. The second-order valence-electron chi connectivity index (χ2n) is 6.22. The Hall–Kier alpha value is -3.29. The molecule has 1 fully saturated rings. The smallest absolute Gasteiger partial charge is 0.317 e. The van der Waals surface area contributed by atoms with E-state index < -0.39 is 4.92 Å². The average Bonchev–Trinajstić information content (AvgIpc) is 2.72. The molecule has 2 aromatic carbocycles. The molecular formula is C19H22N4O4. The molecule has 1 aliphatic rings. The lowest BCUT2D eigenvalue weighted by atomic mass is 10.2. The molecule has 1 N–H and O–H groups in total. The van der Waals surface area contributed by atoms with Crippen molar-refractivity contribution in [2.45, 2.75) is 6.54 Å². The number of non-ortho nitro benzene ring substituents is 1. The van der Waals surface area contributed by atoms with Gasteiger partial charge in [-0.15, -0.1) is 0 Å². The van der Waals surface area contributed by atoms with Crippen LogP contribution in [0, 0.1) is 10.1 Å². The van der Waals surface area contributed by atoms with Gasteiger partial charge in [0.1, 0.15) is 5.75 Å². The first-order valence-electron chi connectivity index (χ1n) is 8.72. The monoisotopic (exact) mass is 370 g/mol. The normalized spacial score (nSPS) is 14.0. The highest BCUT2D eigenvalue weighted by Crippen LogP contribution is 2.21. The first-order valence-corrected chi connectivity index (χ1v) is 8.72. The Morgan fingerprint density at radius 3 is 2.41 bits per heavy atom. The highest BCUT2D eigenvalue weighted by molar-refractivity contribution is 5.74. The molecule has 1 saturated heterocycles. The molecule has 0 atom stereocenters. The summed E-state index contributed by atoms with van der Waals surface area (Å²) in [6.07, 6.45) is 0. The molecule has 142 valence electrons. The number of anilines is 1. The maximum atomic E-state index is 12.4. The maximum absolute atomic E-state index is 12.4. The maximum Gasteiger partial charge on any atom is 0.317 e. The highest BCUT2D eigenvalue weighted by atomic mass is 16.6. The molecule has 1 heterocycles. The first kappa shape index (κ1) is 18.5. The molecule has 8 heteroatoms.